The molecule has 1 aliphatic heterocycles. The van der Waals surface area contributed by atoms with E-state index in [0.717, 1.165) is 48.2 Å². The van der Waals surface area contributed by atoms with Gasteiger partial charge in [0.25, 0.3) is 5.91 Å². The monoisotopic (exact) mass is 406 g/mol. The number of nitrogens with zero attached hydrogens (tertiary/aromatic N) is 3. The lowest BCUT2D eigenvalue weighted by atomic mass is 10.0. The third kappa shape index (κ3) is 4.26. The summed E-state index contributed by atoms with van der Waals surface area (Å²) in [5.74, 6) is 0.0916. The number of rotatable bonds is 3. The average molecular weight is 407 g/mol. The van der Waals surface area contributed by atoms with Crippen LogP contribution in [0.5, 0.6) is 0 Å². The molecule has 3 aromatic rings. The number of para-hydroxylation sites is 2. The molecule has 1 amide bonds. The van der Waals surface area contributed by atoms with Gasteiger partial charge >= 0.3 is 0 Å². The van der Waals surface area contributed by atoms with Crippen molar-refractivity contribution in [3.63, 3.8) is 0 Å². The molecular formula is C20H24Cl2N4O. The van der Waals surface area contributed by atoms with Gasteiger partial charge in [0.1, 0.15) is 6.33 Å². The number of carbonyl (C=O) groups is 1. The van der Waals surface area contributed by atoms with E-state index in [1.54, 1.807) is 0 Å². The van der Waals surface area contributed by atoms with E-state index in [0.29, 0.717) is 6.04 Å². The number of aromatic nitrogens is 2. The van der Waals surface area contributed by atoms with Crippen molar-refractivity contribution in [2.45, 2.75) is 18.9 Å². The Balaban J connectivity index is 0.00000131. The maximum atomic E-state index is 12.7. The van der Waals surface area contributed by atoms with E-state index >= 15 is 0 Å². The molecule has 1 saturated heterocycles. The van der Waals surface area contributed by atoms with Crippen molar-refractivity contribution >= 4 is 41.8 Å². The van der Waals surface area contributed by atoms with Crippen LogP contribution in [0.25, 0.3) is 16.7 Å². The summed E-state index contributed by atoms with van der Waals surface area (Å²) in [6.45, 7) is 1.96. The number of piperidine rings is 1. The molecule has 2 aromatic carbocycles. The molecule has 1 N–H and O–H groups in total. The summed E-state index contributed by atoms with van der Waals surface area (Å²) in [6.07, 6.45) is 3.85. The largest absolute Gasteiger partial charge is 0.339 e. The molecule has 144 valence electrons. The highest BCUT2D eigenvalue weighted by Gasteiger charge is 2.22. The highest BCUT2D eigenvalue weighted by atomic mass is 35.5. The highest BCUT2D eigenvalue weighted by Crippen LogP contribution is 2.19. The van der Waals surface area contributed by atoms with Crippen LogP contribution in [0.3, 0.4) is 0 Å². The van der Waals surface area contributed by atoms with Crippen molar-refractivity contribution < 1.29 is 4.79 Å². The van der Waals surface area contributed by atoms with Gasteiger partial charge in [-0.15, -0.1) is 24.8 Å². The Hall–Kier alpha value is -2.08. The van der Waals surface area contributed by atoms with Gasteiger partial charge < -0.3 is 10.2 Å². The fourth-order valence-corrected chi connectivity index (χ4v) is 3.49. The zero-order valence-corrected chi connectivity index (χ0v) is 16.8. The molecule has 0 aliphatic carbocycles. The van der Waals surface area contributed by atoms with E-state index in [-0.39, 0.29) is 30.7 Å². The van der Waals surface area contributed by atoms with E-state index in [9.17, 15) is 4.79 Å². The minimum atomic E-state index is 0. The van der Waals surface area contributed by atoms with Gasteiger partial charge in [-0.3, -0.25) is 9.36 Å². The van der Waals surface area contributed by atoms with Crippen LogP contribution in [0.2, 0.25) is 0 Å². The van der Waals surface area contributed by atoms with Gasteiger partial charge in [-0.25, -0.2) is 4.98 Å². The molecule has 5 nitrogen and oxygen atoms in total. The number of halogens is 2. The van der Waals surface area contributed by atoms with Gasteiger partial charge in [0, 0.05) is 24.3 Å². The lowest BCUT2D eigenvalue weighted by molar-refractivity contribution is 0.0703. The molecule has 1 aromatic heterocycles. The van der Waals surface area contributed by atoms with Crippen LogP contribution in [-0.2, 0) is 0 Å². The number of hydrogen-bond donors (Lipinski definition) is 1. The molecule has 0 saturated carbocycles. The lowest BCUT2D eigenvalue weighted by Gasteiger charge is -2.31. The molecule has 0 radical (unpaired) electrons. The third-order valence-corrected chi connectivity index (χ3v) is 5.02. The molecule has 1 aliphatic rings. The number of amides is 1. The first-order valence-electron chi connectivity index (χ1n) is 8.74. The molecule has 7 heteroatoms. The average Bonchev–Trinajstić information content (AvgIpc) is 3.12. The van der Waals surface area contributed by atoms with Crippen LogP contribution in [0.15, 0.2) is 54.9 Å². The molecule has 4 rings (SSSR count). The summed E-state index contributed by atoms with van der Waals surface area (Å²) in [4.78, 5) is 19.1. The minimum absolute atomic E-state index is 0. The fraction of sp³-hybridized carbons (Fsp3) is 0.300. The van der Waals surface area contributed by atoms with Crippen LogP contribution in [0.4, 0.5) is 0 Å². The summed E-state index contributed by atoms with van der Waals surface area (Å²) in [5.41, 5.74) is 3.77. The van der Waals surface area contributed by atoms with Crippen molar-refractivity contribution in [3.8, 4) is 5.69 Å². The normalized spacial score (nSPS) is 14.3. The Bertz CT molecular complexity index is 888. The SMILES string of the molecule is CN(C(=O)c1ccc(-n2cnc3ccccc32)cc1)C1CCNCC1.Cl.Cl. The smallest absolute Gasteiger partial charge is 0.253 e. The van der Waals surface area contributed by atoms with E-state index in [4.69, 9.17) is 0 Å². The standard InChI is InChI=1S/C20H22N4O.2ClH/c1-23(16-10-12-21-13-11-16)20(25)15-6-8-17(9-7-15)24-14-22-18-4-2-3-5-19(18)24;;/h2-9,14,16,21H,10-13H2,1H3;2*1H. The van der Waals surface area contributed by atoms with Gasteiger partial charge in [-0.05, 0) is 62.3 Å². The van der Waals surface area contributed by atoms with Crippen molar-refractivity contribution in [3.05, 3.63) is 60.4 Å². The summed E-state index contributed by atoms with van der Waals surface area (Å²) in [6, 6.07) is 16.1. The van der Waals surface area contributed by atoms with Crippen molar-refractivity contribution in [1.29, 1.82) is 0 Å². The van der Waals surface area contributed by atoms with Crippen molar-refractivity contribution in [1.82, 2.24) is 19.8 Å². The van der Waals surface area contributed by atoms with E-state index in [2.05, 4.69) is 10.3 Å². The Morgan fingerprint density at radius 2 is 1.74 bits per heavy atom. The number of fused-ring (bicyclic) bond motifs is 1. The lowest BCUT2D eigenvalue weighted by Crippen LogP contribution is -2.43. The van der Waals surface area contributed by atoms with E-state index in [1.807, 2.05) is 71.4 Å². The number of benzene rings is 2. The second-order valence-electron chi connectivity index (χ2n) is 6.55. The first-order chi connectivity index (χ1) is 12.2. The predicted octanol–water partition coefficient (Wildman–Crippen LogP) is 3.69. The first-order valence-corrected chi connectivity index (χ1v) is 8.74. The second-order valence-corrected chi connectivity index (χ2v) is 6.55. The van der Waals surface area contributed by atoms with Gasteiger partial charge in [0.05, 0.1) is 11.0 Å². The van der Waals surface area contributed by atoms with E-state index < -0.39 is 0 Å². The predicted molar refractivity (Wildman–Crippen MR) is 114 cm³/mol. The zero-order valence-electron chi connectivity index (χ0n) is 15.2. The van der Waals surface area contributed by atoms with Crippen molar-refractivity contribution in [2.75, 3.05) is 20.1 Å². The maximum Gasteiger partial charge on any atom is 0.253 e. The quantitative estimate of drug-likeness (QED) is 0.721. The summed E-state index contributed by atoms with van der Waals surface area (Å²) in [7, 11) is 1.91. The molecule has 0 bridgehead atoms. The molecule has 0 atom stereocenters. The van der Waals surface area contributed by atoms with E-state index in [1.165, 1.54) is 0 Å². The van der Waals surface area contributed by atoms with Crippen molar-refractivity contribution in [2.24, 2.45) is 0 Å². The number of hydrogen-bond acceptors (Lipinski definition) is 3. The fourth-order valence-electron chi connectivity index (χ4n) is 3.49. The Labute approximate surface area is 171 Å². The van der Waals surface area contributed by atoms with Crippen LogP contribution >= 0.6 is 24.8 Å². The third-order valence-electron chi connectivity index (χ3n) is 5.02. The maximum absolute atomic E-state index is 12.7. The van der Waals surface area contributed by atoms with Gasteiger partial charge in [-0.2, -0.15) is 0 Å². The zero-order chi connectivity index (χ0) is 17.2. The minimum Gasteiger partial charge on any atom is -0.339 e. The Morgan fingerprint density at radius 3 is 2.44 bits per heavy atom. The summed E-state index contributed by atoms with van der Waals surface area (Å²) >= 11 is 0. The molecule has 1 fully saturated rings. The molecule has 27 heavy (non-hydrogen) atoms. The number of imidazole rings is 1. The second kappa shape index (κ2) is 9.22. The molecule has 0 unspecified atom stereocenters. The number of carbonyl (C=O) groups excluding carboxylic acids is 1. The van der Waals surface area contributed by atoms with Gasteiger partial charge in [0.15, 0.2) is 0 Å². The number of nitrogens with one attached hydrogen (secondary N) is 1. The Kier molecular flexibility index (Phi) is 7.25. The van der Waals surface area contributed by atoms with Gasteiger partial charge in [-0.1, -0.05) is 12.1 Å². The summed E-state index contributed by atoms with van der Waals surface area (Å²) < 4.78 is 2.04. The molecule has 0 spiro atoms. The molecular weight excluding hydrogens is 383 g/mol. The van der Waals surface area contributed by atoms with Crippen LogP contribution < -0.4 is 5.32 Å². The van der Waals surface area contributed by atoms with Crippen LogP contribution in [-0.4, -0.2) is 46.5 Å². The van der Waals surface area contributed by atoms with Crippen LogP contribution in [0, 0.1) is 0 Å². The summed E-state index contributed by atoms with van der Waals surface area (Å²) in [5, 5.41) is 3.34. The van der Waals surface area contributed by atoms with Gasteiger partial charge in [0.2, 0.25) is 0 Å². The van der Waals surface area contributed by atoms with Crippen LogP contribution in [0.1, 0.15) is 23.2 Å². The Morgan fingerprint density at radius 1 is 1.07 bits per heavy atom. The highest BCUT2D eigenvalue weighted by molar-refractivity contribution is 5.94. The molecule has 2 heterocycles. The first kappa shape index (κ1) is 21.2. The topological polar surface area (TPSA) is 50.2 Å².